The number of rotatable bonds is 4. The lowest BCUT2D eigenvalue weighted by Crippen LogP contribution is -2.56. The number of aliphatic hydroxyl groups is 2. The van der Waals surface area contributed by atoms with Gasteiger partial charge < -0.3 is 29.5 Å². The molecule has 1 heterocycles. The molecule has 34 heavy (non-hydrogen) atoms. The average Bonchev–Trinajstić information content (AvgIpc) is 2.75. The largest absolute Gasteiger partial charge is 0.504 e. The van der Waals surface area contributed by atoms with Crippen LogP contribution in [0, 0.1) is 12.8 Å². The lowest BCUT2D eigenvalue weighted by atomic mass is 9.62. The Kier molecular flexibility index (Phi) is 7.00. The zero-order valence-electron chi connectivity index (χ0n) is 21.0. The Labute approximate surface area is 201 Å². The number of aliphatic hydroxyl groups excluding tert-OH is 2. The highest BCUT2D eigenvalue weighted by atomic mass is 16.7. The van der Waals surface area contributed by atoms with E-state index in [-0.39, 0.29) is 24.2 Å². The maximum Gasteiger partial charge on any atom is 0.303 e. The normalized spacial score (nSPS) is 34.7. The van der Waals surface area contributed by atoms with Crippen LogP contribution in [0.4, 0.5) is 0 Å². The number of phenolic OH excluding ortho intramolecular Hbond substituents is 1. The predicted octanol–water partition coefficient (Wildman–Crippen LogP) is 4.16. The summed E-state index contributed by atoms with van der Waals surface area (Å²) >= 11 is 0. The van der Waals surface area contributed by atoms with Crippen LogP contribution in [0.1, 0.15) is 93.9 Å². The Bertz CT molecular complexity index is 980. The molecule has 1 aromatic rings. The van der Waals surface area contributed by atoms with Crippen molar-refractivity contribution in [3.05, 3.63) is 33.9 Å². The molecule has 1 saturated heterocycles. The maximum absolute atomic E-state index is 11.7. The molecule has 0 saturated carbocycles. The number of esters is 1. The molecule has 0 radical (unpaired) electrons. The van der Waals surface area contributed by atoms with E-state index in [0.717, 1.165) is 30.4 Å². The number of aromatic hydroxyl groups is 1. The number of allylic oxidation sites excluding steroid dienone is 2. The summed E-state index contributed by atoms with van der Waals surface area (Å²) in [4.78, 5) is 11.7. The van der Waals surface area contributed by atoms with Gasteiger partial charge in [0.05, 0.1) is 6.61 Å². The molecule has 1 aromatic carbocycles. The second-order valence-corrected chi connectivity index (χ2v) is 10.6. The lowest BCUT2D eigenvalue weighted by molar-refractivity contribution is -0.250. The van der Waals surface area contributed by atoms with Crippen LogP contribution in [-0.2, 0) is 14.3 Å². The van der Waals surface area contributed by atoms with Gasteiger partial charge in [-0.05, 0) is 74.5 Å². The van der Waals surface area contributed by atoms with Gasteiger partial charge in [0, 0.05) is 18.4 Å². The van der Waals surface area contributed by atoms with Crippen molar-refractivity contribution in [1.82, 2.24) is 0 Å². The molecule has 3 aliphatic rings. The number of carbonyl (C=O) groups is 1. The Morgan fingerprint density at radius 3 is 2.44 bits per heavy atom. The Morgan fingerprint density at radius 1 is 1.09 bits per heavy atom. The SMILES string of the molecule is CC(=O)OC1C(Oc2c(O)c(C)c3c4c2[C@@H](C)CC[C@@H]4[C@@H](C)C[C@@H]3C=C(C)C)OCC(O)C1O. The van der Waals surface area contributed by atoms with E-state index in [2.05, 4.69) is 33.8 Å². The third-order valence-corrected chi connectivity index (χ3v) is 7.76. The molecule has 7 nitrogen and oxygen atoms in total. The molecule has 0 amide bonds. The third kappa shape index (κ3) is 4.34. The van der Waals surface area contributed by atoms with Crippen molar-refractivity contribution in [3.63, 3.8) is 0 Å². The monoisotopic (exact) mass is 474 g/mol. The predicted molar refractivity (Wildman–Crippen MR) is 127 cm³/mol. The van der Waals surface area contributed by atoms with E-state index in [1.165, 1.54) is 23.6 Å². The first-order valence-corrected chi connectivity index (χ1v) is 12.4. The van der Waals surface area contributed by atoms with Crippen LogP contribution < -0.4 is 4.74 Å². The second kappa shape index (κ2) is 9.51. The van der Waals surface area contributed by atoms with Crippen molar-refractivity contribution >= 4 is 5.97 Å². The van der Waals surface area contributed by atoms with Gasteiger partial charge in [0.1, 0.15) is 12.2 Å². The van der Waals surface area contributed by atoms with E-state index in [4.69, 9.17) is 14.2 Å². The van der Waals surface area contributed by atoms with Gasteiger partial charge in [0.15, 0.2) is 17.6 Å². The molecule has 0 bridgehead atoms. The lowest BCUT2D eigenvalue weighted by Gasteiger charge is -2.44. The van der Waals surface area contributed by atoms with Crippen molar-refractivity contribution in [1.29, 1.82) is 0 Å². The number of benzene rings is 1. The van der Waals surface area contributed by atoms with Crippen LogP contribution in [0.2, 0.25) is 0 Å². The summed E-state index contributed by atoms with van der Waals surface area (Å²) in [5.41, 5.74) is 5.50. The minimum absolute atomic E-state index is 0.0637. The molecular weight excluding hydrogens is 436 g/mol. The van der Waals surface area contributed by atoms with E-state index in [1.54, 1.807) is 0 Å². The van der Waals surface area contributed by atoms with Crippen LogP contribution in [0.15, 0.2) is 11.6 Å². The third-order valence-electron chi connectivity index (χ3n) is 7.76. The van der Waals surface area contributed by atoms with Gasteiger partial charge in [-0.25, -0.2) is 0 Å². The minimum atomic E-state index is -1.35. The van der Waals surface area contributed by atoms with E-state index in [1.807, 2.05) is 6.92 Å². The number of ether oxygens (including phenoxy) is 3. The fourth-order valence-corrected chi connectivity index (χ4v) is 6.21. The summed E-state index contributed by atoms with van der Waals surface area (Å²) < 4.78 is 17.2. The summed E-state index contributed by atoms with van der Waals surface area (Å²) in [5.74, 6) is 1.05. The van der Waals surface area contributed by atoms with Crippen molar-refractivity contribution in [3.8, 4) is 11.5 Å². The van der Waals surface area contributed by atoms with Crippen molar-refractivity contribution < 1.29 is 34.3 Å². The second-order valence-electron chi connectivity index (χ2n) is 10.6. The molecule has 3 N–H and O–H groups in total. The molecule has 1 aliphatic heterocycles. The fourth-order valence-electron chi connectivity index (χ4n) is 6.21. The highest BCUT2D eigenvalue weighted by Gasteiger charge is 2.46. The summed E-state index contributed by atoms with van der Waals surface area (Å²) in [7, 11) is 0. The standard InChI is InChI=1S/C27H38O7/c1-12(2)9-17-10-14(4)18-8-7-13(3)20-22(18)21(17)15(5)23(30)25(20)34-27-26(33-16(6)28)24(31)19(29)11-32-27/h9,13-14,17-19,24,26-27,29-31H,7-8,10-11H2,1-6H3/t13-,14-,17-,18+,19?,24?,26?,27?/m0/s1. The smallest absolute Gasteiger partial charge is 0.303 e. The van der Waals surface area contributed by atoms with Crippen LogP contribution in [0.3, 0.4) is 0 Å². The average molecular weight is 475 g/mol. The summed E-state index contributed by atoms with van der Waals surface area (Å²) in [6.07, 6.45) is 0.500. The highest BCUT2D eigenvalue weighted by Crippen LogP contribution is 2.58. The summed E-state index contributed by atoms with van der Waals surface area (Å²) in [5, 5.41) is 31.9. The van der Waals surface area contributed by atoms with Crippen molar-refractivity contribution in [2.24, 2.45) is 5.92 Å². The quantitative estimate of drug-likeness (QED) is 0.444. The molecule has 7 heteroatoms. The Morgan fingerprint density at radius 2 is 1.79 bits per heavy atom. The first-order valence-electron chi connectivity index (χ1n) is 12.4. The van der Waals surface area contributed by atoms with E-state index in [9.17, 15) is 20.1 Å². The molecule has 0 aromatic heterocycles. The van der Waals surface area contributed by atoms with Crippen molar-refractivity contribution in [2.45, 2.75) is 103 Å². The van der Waals surface area contributed by atoms with Gasteiger partial charge in [-0.15, -0.1) is 0 Å². The molecule has 0 spiro atoms. The first kappa shape index (κ1) is 25.0. The molecule has 8 atom stereocenters. The highest BCUT2D eigenvalue weighted by molar-refractivity contribution is 5.66. The summed E-state index contributed by atoms with van der Waals surface area (Å²) in [6, 6.07) is 0. The van der Waals surface area contributed by atoms with Gasteiger partial charge in [-0.1, -0.05) is 25.5 Å². The topological polar surface area (TPSA) is 105 Å². The maximum atomic E-state index is 11.7. The van der Waals surface area contributed by atoms with E-state index < -0.39 is 30.6 Å². The van der Waals surface area contributed by atoms with Crippen molar-refractivity contribution in [2.75, 3.05) is 6.61 Å². The van der Waals surface area contributed by atoms with Gasteiger partial charge in [-0.3, -0.25) is 4.79 Å². The number of phenols is 1. The Hall–Kier alpha value is -2.09. The van der Waals surface area contributed by atoms with E-state index >= 15 is 0 Å². The summed E-state index contributed by atoms with van der Waals surface area (Å²) in [6.45, 7) is 11.7. The first-order chi connectivity index (χ1) is 16.0. The van der Waals surface area contributed by atoms with Crippen LogP contribution in [-0.4, -0.2) is 52.5 Å². The number of hydrogen-bond acceptors (Lipinski definition) is 7. The van der Waals surface area contributed by atoms with Gasteiger partial charge in [0.25, 0.3) is 0 Å². The van der Waals surface area contributed by atoms with Crippen LogP contribution >= 0.6 is 0 Å². The molecule has 4 unspecified atom stereocenters. The van der Waals surface area contributed by atoms with E-state index in [0.29, 0.717) is 17.6 Å². The molecule has 4 rings (SSSR count). The van der Waals surface area contributed by atoms with Gasteiger partial charge in [0.2, 0.25) is 6.29 Å². The number of hydrogen-bond donors (Lipinski definition) is 3. The van der Waals surface area contributed by atoms with Gasteiger partial charge in [-0.2, -0.15) is 0 Å². The van der Waals surface area contributed by atoms with Crippen LogP contribution in [0.25, 0.3) is 0 Å². The number of carbonyl (C=O) groups excluding carboxylic acids is 1. The van der Waals surface area contributed by atoms with Crippen LogP contribution in [0.5, 0.6) is 11.5 Å². The fraction of sp³-hybridized carbons (Fsp3) is 0.667. The molecular formula is C27H38O7. The molecule has 1 fully saturated rings. The zero-order chi connectivity index (χ0) is 24.9. The minimum Gasteiger partial charge on any atom is -0.504 e. The zero-order valence-corrected chi connectivity index (χ0v) is 21.0. The molecule has 188 valence electrons. The molecule has 2 aliphatic carbocycles. The Balaban J connectivity index is 1.85. The van der Waals surface area contributed by atoms with Gasteiger partial charge >= 0.3 is 5.97 Å².